The molecule has 0 aliphatic carbocycles. The maximum absolute atomic E-state index is 2.20. The van der Waals surface area contributed by atoms with Gasteiger partial charge in [-0.15, -0.1) is 0 Å². The van der Waals surface area contributed by atoms with Crippen LogP contribution in [-0.4, -0.2) is 7.85 Å². The van der Waals surface area contributed by atoms with E-state index in [0.717, 1.165) is 0 Å². The van der Waals surface area contributed by atoms with Crippen LogP contribution in [0.3, 0.4) is 0 Å². The molecule has 0 bridgehead atoms. The molecule has 0 heterocycles. The molecule has 0 saturated carbocycles. The van der Waals surface area contributed by atoms with Crippen molar-refractivity contribution in [2.24, 2.45) is 0 Å². The molecule has 1 aromatic carbocycles. The summed E-state index contributed by atoms with van der Waals surface area (Å²) in [5.41, 5.74) is 1.41. The molecule has 1 aromatic rings. The van der Waals surface area contributed by atoms with Crippen LogP contribution in [0, 0.1) is 0 Å². The van der Waals surface area contributed by atoms with E-state index in [1.165, 1.54) is 5.56 Å². The van der Waals surface area contributed by atoms with E-state index in [2.05, 4.69) is 39.0 Å². The maximum atomic E-state index is 2.20. The van der Waals surface area contributed by atoms with Gasteiger partial charge in [0.1, 0.15) is 7.85 Å². The predicted octanol–water partition coefficient (Wildman–Crippen LogP) is 1.38. The van der Waals surface area contributed by atoms with Gasteiger partial charge in [0.05, 0.1) is 0 Å². The summed E-state index contributed by atoms with van der Waals surface area (Å²) in [5, 5.41) is 0. The minimum absolute atomic E-state index is 0.659. The van der Waals surface area contributed by atoms with Gasteiger partial charge in [0.2, 0.25) is 0 Å². The summed E-state index contributed by atoms with van der Waals surface area (Å²) in [6, 6.07) is 10.5. The van der Waals surface area contributed by atoms with E-state index in [9.17, 15) is 0 Å². The van der Waals surface area contributed by atoms with Crippen molar-refractivity contribution in [3.63, 3.8) is 0 Å². The van der Waals surface area contributed by atoms with E-state index in [4.69, 9.17) is 0 Å². The van der Waals surface area contributed by atoms with Crippen molar-refractivity contribution in [3.05, 3.63) is 35.9 Å². The monoisotopic (exact) mass is 118 g/mol. The lowest BCUT2D eigenvalue weighted by Gasteiger charge is -2.01. The second-order valence-corrected chi connectivity index (χ2v) is 2.57. The van der Waals surface area contributed by atoms with Crippen molar-refractivity contribution >= 4 is 7.85 Å². The van der Waals surface area contributed by atoms with Crippen LogP contribution >= 0.6 is 0 Å². The molecule has 0 aromatic heterocycles. The molecular formula is C8H11B. The fraction of sp³-hybridized carbons (Fsp3) is 0.250. The molecule has 0 radical (unpaired) electrons. The molecule has 0 N–H and O–H groups in total. The van der Waals surface area contributed by atoms with Crippen LogP contribution in [-0.2, 0) is 0 Å². The Balaban J connectivity index is 2.85. The third kappa shape index (κ3) is 1.60. The molecule has 0 spiro atoms. The zero-order chi connectivity index (χ0) is 6.69. The fourth-order valence-electron chi connectivity index (χ4n) is 0.838. The average Bonchev–Trinajstić information content (AvgIpc) is 1.90. The molecule has 0 unspecified atom stereocenters. The van der Waals surface area contributed by atoms with Gasteiger partial charge in [0.25, 0.3) is 0 Å². The van der Waals surface area contributed by atoms with Gasteiger partial charge >= 0.3 is 0 Å². The summed E-state index contributed by atoms with van der Waals surface area (Å²) in [5.74, 6) is 0.659. The second-order valence-electron chi connectivity index (χ2n) is 2.57. The van der Waals surface area contributed by atoms with Gasteiger partial charge < -0.3 is 0 Å². The van der Waals surface area contributed by atoms with E-state index in [1.807, 2.05) is 6.07 Å². The number of benzene rings is 1. The first-order valence-electron chi connectivity index (χ1n) is 3.35. The highest BCUT2D eigenvalue weighted by molar-refractivity contribution is 6.12. The standard InChI is InChI=1S/C8H11B/c1-7(9)8-5-3-2-4-6-8/h2-7H,9H2,1H3/t7-/m0/s1. The second kappa shape index (κ2) is 2.72. The molecule has 0 nitrogen and oxygen atoms in total. The number of rotatable bonds is 1. The molecule has 1 atom stereocenters. The summed E-state index contributed by atoms with van der Waals surface area (Å²) in [6.45, 7) is 2.20. The van der Waals surface area contributed by atoms with E-state index in [-0.39, 0.29) is 0 Å². The van der Waals surface area contributed by atoms with Gasteiger partial charge in [0, 0.05) is 0 Å². The van der Waals surface area contributed by atoms with Gasteiger partial charge in [-0.05, 0) is 5.82 Å². The van der Waals surface area contributed by atoms with Gasteiger partial charge in [-0.1, -0.05) is 42.8 Å². The topological polar surface area (TPSA) is 0 Å². The van der Waals surface area contributed by atoms with Crippen LogP contribution in [0.25, 0.3) is 0 Å². The molecule has 1 rings (SSSR count). The summed E-state index contributed by atoms with van der Waals surface area (Å²) in [4.78, 5) is 0. The summed E-state index contributed by atoms with van der Waals surface area (Å²) < 4.78 is 0. The Bertz CT molecular complexity index is 167. The Morgan fingerprint density at radius 2 is 1.78 bits per heavy atom. The summed E-state index contributed by atoms with van der Waals surface area (Å²) in [7, 11) is 2.20. The van der Waals surface area contributed by atoms with Crippen LogP contribution in [0.5, 0.6) is 0 Å². The zero-order valence-corrected chi connectivity index (χ0v) is 5.96. The Morgan fingerprint density at radius 1 is 1.22 bits per heavy atom. The van der Waals surface area contributed by atoms with Crippen LogP contribution in [0.15, 0.2) is 30.3 Å². The van der Waals surface area contributed by atoms with Crippen LogP contribution in [0.4, 0.5) is 0 Å². The third-order valence-corrected chi connectivity index (χ3v) is 1.47. The Hall–Kier alpha value is -0.715. The van der Waals surface area contributed by atoms with E-state index in [1.54, 1.807) is 0 Å². The molecule has 46 valence electrons. The van der Waals surface area contributed by atoms with Crippen LogP contribution < -0.4 is 0 Å². The first-order valence-corrected chi connectivity index (χ1v) is 3.35. The van der Waals surface area contributed by atoms with E-state index in [0.29, 0.717) is 5.82 Å². The molecular weight excluding hydrogens is 107 g/mol. The lowest BCUT2D eigenvalue weighted by molar-refractivity contribution is 1.08. The molecule has 0 amide bonds. The van der Waals surface area contributed by atoms with E-state index < -0.39 is 0 Å². The van der Waals surface area contributed by atoms with E-state index >= 15 is 0 Å². The molecule has 0 aliphatic heterocycles. The predicted molar refractivity (Wildman–Crippen MR) is 43.4 cm³/mol. The average molecular weight is 118 g/mol. The first kappa shape index (κ1) is 6.41. The minimum atomic E-state index is 0.659. The maximum Gasteiger partial charge on any atom is 0.110 e. The fourth-order valence-corrected chi connectivity index (χ4v) is 0.838. The van der Waals surface area contributed by atoms with Gasteiger partial charge in [0.15, 0.2) is 0 Å². The molecule has 0 fully saturated rings. The van der Waals surface area contributed by atoms with Crippen molar-refractivity contribution in [1.29, 1.82) is 0 Å². The largest absolute Gasteiger partial charge is 0.110 e. The smallest absolute Gasteiger partial charge is 0.0658 e. The minimum Gasteiger partial charge on any atom is -0.0658 e. The summed E-state index contributed by atoms with van der Waals surface area (Å²) >= 11 is 0. The van der Waals surface area contributed by atoms with Crippen LogP contribution in [0.1, 0.15) is 18.3 Å². The quantitative estimate of drug-likeness (QED) is 0.488. The Labute approximate surface area is 57.3 Å². The highest BCUT2D eigenvalue weighted by atomic mass is 13.9. The van der Waals surface area contributed by atoms with Crippen molar-refractivity contribution in [3.8, 4) is 0 Å². The van der Waals surface area contributed by atoms with Crippen LogP contribution in [0.2, 0.25) is 0 Å². The number of hydrogen-bond donors (Lipinski definition) is 0. The lowest BCUT2D eigenvalue weighted by atomic mass is 9.83. The number of hydrogen-bond acceptors (Lipinski definition) is 0. The molecule has 9 heavy (non-hydrogen) atoms. The SMILES string of the molecule is B[C@@H](C)c1ccccc1. The van der Waals surface area contributed by atoms with Crippen molar-refractivity contribution < 1.29 is 0 Å². The molecule has 0 aliphatic rings. The molecule has 1 heteroatoms. The zero-order valence-electron chi connectivity index (χ0n) is 5.96. The Morgan fingerprint density at radius 3 is 2.11 bits per heavy atom. The van der Waals surface area contributed by atoms with Crippen molar-refractivity contribution in [1.82, 2.24) is 0 Å². The highest BCUT2D eigenvalue weighted by Gasteiger charge is 1.93. The van der Waals surface area contributed by atoms with Gasteiger partial charge in [-0.25, -0.2) is 0 Å². The Kier molecular flexibility index (Phi) is 1.94. The lowest BCUT2D eigenvalue weighted by Crippen LogP contribution is -1.89. The summed E-state index contributed by atoms with van der Waals surface area (Å²) in [6.07, 6.45) is 0. The normalized spacial score (nSPS) is 13.0. The van der Waals surface area contributed by atoms with Gasteiger partial charge in [-0.3, -0.25) is 0 Å². The molecule has 0 saturated heterocycles. The first-order chi connectivity index (χ1) is 4.30. The third-order valence-electron chi connectivity index (χ3n) is 1.47. The van der Waals surface area contributed by atoms with Gasteiger partial charge in [-0.2, -0.15) is 0 Å². The van der Waals surface area contributed by atoms with Crippen molar-refractivity contribution in [2.45, 2.75) is 12.7 Å². The highest BCUT2D eigenvalue weighted by Crippen LogP contribution is 2.08. The van der Waals surface area contributed by atoms with Crippen molar-refractivity contribution in [2.75, 3.05) is 0 Å².